The van der Waals surface area contributed by atoms with Crippen molar-refractivity contribution in [3.05, 3.63) is 48.4 Å². The molecule has 146 valence electrons. The predicted octanol–water partition coefficient (Wildman–Crippen LogP) is 3.04. The van der Waals surface area contributed by atoms with Gasteiger partial charge >= 0.3 is 0 Å². The predicted molar refractivity (Wildman–Crippen MR) is 109 cm³/mol. The number of anilines is 1. The van der Waals surface area contributed by atoms with Crippen molar-refractivity contribution in [3.8, 4) is 0 Å². The number of hydrogen-bond donors (Lipinski definition) is 1. The van der Waals surface area contributed by atoms with Crippen molar-refractivity contribution in [2.75, 3.05) is 18.4 Å². The third-order valence-corrected chi connectivity index (χ3v) is 5.07. The van der Waals surface area contributed by atoms with Gasteiger partial charge in [-0.05, 0) is 26.3 Å². The summed E-state index contributed by atoms with van der Waals surface area (Å²) >= 11 is 0. The van der Waals surface area contributed by atoms with Crippen LogP contribution in [0.25, 0.3) is 11.0 Å². The van der Waals surface area contributed by atoms with Crippen LogP contribution in [0.1, 0.15) is 32.8 Å². The summed E-state index contributed by atoms with van der Waals surface area (Å²) in [6.45, 7) is 8.42. The molecule has 28 heavy (non-hydrogen) atoms. The Balaban J connectivity index is 1.43. The lowest BCUT2D eigenvalue weighted by molar-refractivity contribution is -0.128. The molecule has 0 saturated carbocycles. The SMILES string of the molecule is CC(C)(C)n1ncc2c(NCC3CC(=O)N(Cc4ccccc4)C3)ncnc21. The van der Waals surface area contributed by atoms with Gasteiger partial charge in [0, 0.05) is 32.0 Å². The normalized spacial score (nSPS) is 17.5. The fraction of sp³-hybridized carbons (Fsp3) is 0.429. The van der Waals surface area contributed by atoms with Gasteiger partial charge in [-0.2, -0.15) is 5.10 Å². The van der Waals surface area contributed by atoms with E-state index in [1.807, 2.05) is 34.0 Å². The van der Waals surface area contributed by atoms with Gasteiger partial charge in [-0.25, -0.2) is 14.6 Å². The Labute approximate surface area is 164 Å². The molecule has 1 N–H and O–H groups in total. The zero-order valence-corrected chi connectivity index (χ0v) is 16.6. The van der Waals surface area contributed by atoms with E-state index in [0.29, 0.717) is 19.5 Å². The van der Waals surface area contributed by atoms with E-state index in [4.69, 9.17) is 0 Å². The fourth-order valence-corrected chi connectivity index (χ4v) is 3.66. The number of nitrogens with one attached hydrogen (secondary N) is 1. The first-order valence-corrected chi connectivity index (χ1v) is 9.66. The second-order valence-electron chi connectivity index (χ2n) is 8.40. The Kier molecular flexibility index (Phi) is 4.75. The largest absolute Gasteiger partial charge is 0.369 e. The van der Waals surface area contributed by atoms with Crippen LogP contribution >= 0.6 is 0 Å². The molecule has 1 aromatic carbocycles. The zero-order chi connectivity index (χ0) is 19.7. The number of carbonyl (C=O) groups is 1. The molecule has 3 heterocycles. The van der Waals surface area contributed by atoms with Gasteiger partial charge < -0.3 is 10.2 Å². The van der Waals surface area contributed by atoms with Crippen LogP contribution in [-0.2, 0) is 16.9 Å². The highest BCUT2D eigenvalue weighted by atomic mass is 16.2. The smallest absolute Gasteiger partial charge is 0.223 e. The molecule has 7 nitrogen and oxygen atoms in total. The number of amides is 1. The number of likely N-dealkylation sites (tertiary alicyclic amines) is 1. The van der Waals surface area contributed by atoms with Crippen molar-refractivity contribution >= 4 is 22.8 Å². The summed E-state index contributed by atoms with van der Waals surface area (Å²) in [5, 5.41) is 8.81. The fourth-order valence-electron chi connectivity index (χ4n) is 3.66. The zero-order valence-electron chi connectivity index (χ0n) is 16.6. The molecule has 1 aliphatic rings. The molecule has 0 bridgehead atoms. The summed E-state index contributed by atoms with van der Waals surface area (Å²) < 4.78 is 1.91. The standard InChI is InChI=1S/C21H26N6O/c1-21(2,3)27-20-17(11-25-27)19(23-14-24-20)22-10-16-9-18(28)26(13-16)12-15-7-5-4-6-8-15/h4-8,11,14,16H,9-10,12-13H2,1-3H3,(H,22,23,24). The van der Waals surface area contributed by atoms with E-state index in [2.05, 4.69) is 53.3 Å². The molecule has 1 amide bonds. The van der Waals surface area contributed by atoms with Crippen LogP contribution in [0.4, 0.5) is 5.82 Å². The molecule has 3 aromatic rings. The maximum absolute atomic E-state index is 12.4. The van der Waals surface area contributed by atoms with Crippen LogP contribution in [0.5, 0.6) is 0 Å². The molecule has 1 atom stereocenters. The second kappa shape index (κ2) is 7.22. The van der Waals surface area contributed by atoms with Crippen LogP contribution in [0.2, 0.25) is 0 Å². The maximum atomic E-state index is 12.4. The van der Waals surface area contributed by atoms with Crippen molar-refractivity contribution in [2.45, 2.75) is 39.3 Å². The van der Waals surface area contributed by atoms with Crippen molar-refractivity contribution in [1.82, 2.24) is 24.6 Å². The molecule has 0 aliphatic carbocycles. The van der Waals surface area contributed by atoms with Gasteiger partial charge in [0.05, 0.1) is 17.1 Å². The van der Waals surface area contributed by atoms with Crippen LogP contribution < -0.4 is 5.32 Å². The van der Waals surface area contributed by atoms with Gasteiger partial charge in [0.1, 0.15) is 12.1 Å². The highest BCUT2D eigenvalue weighted by molar-refractivity contribution is 5.86. The van der Waals surface area contributed by atoms with Crippen molar-refractivity contribution in [2.24, 2.45) is 5.92 Å². The Morgan fingerprint density at radius 2 is 1.96 bits per heavy atom. The summed E-state index contributed by atoms with van der Waals surface area (Å²) in [7, 11) is 0. The van der Waals surface area contributed by atoms with E-state index >= 15 is 0 Å². The van der Waals surface area contributed by atoms with Gasteiger partial charge in [0.25, 0.3) is 0 Å². The molecular weight excluding hydrogens is 352 g/mol. The number of nitrogens with zero attached hydrogens (tertiary/aromatic N) is 5. The molecule has 1 saturated heterocycles. The Morgan fingerprint density at radius 1 is 1.18 bits per heavy atom. The van der Waals surface area contributed by atoms with Crippen LogP contribution in [0.3, 0.4) is 0 Å². The number of benzene rings is 1. The van der Waals surface area contributed by atoms with Crippen molar-refractivity contribution < 1.29 is 4.79 Å². The first-order valence-electron chi connectivity index (χ1n) is 9.66. The third kappa shape index (κ3) is 3.69. The number of fused-ring (bicyclic) bond motifs is 1. The van der Waals surface area contributed by atoms with Gasteiger partial charge in [-0.15, -0.1) is 0 Å². The lowest BCUT2D eigenvalue weighted by Crippen LogP contribution is -2.25. The van der Waals surface area contributed by atoms with E-state index in [-0.39, 0.29) is 17.4 Å². The highest BCUT2D eigenvalue weighted by Gasteiger charge is 2.29. The minimum Gasteiger partial charge on any atom is -0.369 e. The number of hydrogen-bond acceptors (Lipinski definition) is 5. The third-order valence-electron chi connectivity index (χ3n) is 5.07. The van der Waals surface area contributed by atoms with Crippen LogP contribution in [0.15, 0.2) is 42.9 Å². The Morgan fingerprint density at radius 3 is 2.71 bits per heavy atom. The van der Waals surface area contributed by atoms with Gasteiger partial charge in [0.2, 0.25) is 5.91 Å². The average Bonchev–Trinajstić information content (AvgIpc) is 3.25. The monoisotopic (exact) mass is 378 g/mol. The van der Waals surface area contributed by atoms with Crippen molar-refractivity contribution in [1.29, 1.82) is 0 Å². The molecule has 0 radical (unpaired) electrons. The topological polar surface area (TPSA) is 75.9 Å². The van der Waals surface area contributed by atoms with E-state index < -0.39 is 0 Å². The van der Waals surface area contributed by atoms with E-state index in [1.54, 1.807) is 6.33 Å². The van der Waals surface area contributed by atoms with E-state index in [0.717, 1.165) is 29.0 Å². The minimum absolute atomic E-state index is 0.150. The molecule has 2 aromatic heterocycles. The first kappa shape index (κ1) is 18.4. The van der Waals surface area contributed by atoms with Gasteiger partial charge in [-0.1, -0.05) is 30.3 Å². The van der Waals surface area contributed by atoms with Crippen LogP contribution in [0, 0.1) is 5.92 Å². The molecule has 4 rings (SSSR count). The molecule has 1 fully saturated rings. The number of carbonyl (C=O) groups excluding carboxylic acids is 1. The lowest BCUT2D eigenvalue weighted by atomic mass is 10.1. The highest BCUT2D eigenvalue weighted by Crippen LogP contribution is 2.25. The first-order chi connectivity index (χ1) is 13.4. The lowest BCUT2D eigenvalue weighted by Gasteiger charge is -2.19. The second-order valence-corrected chi connectivity index (χ2v) is 8.40. The van der Waals surface area contributed by atoms with Gasteiger partial charge in [-0.3, -0.25) is 4.79 Å². The summed E-state index contributed by atoms with van der Waals surface area (Å²) in [6.07, 6.45) is 3.94. The number of rotatable bonds is 5. The summed E-state index contributed by atoms with van der Waals surface area (Å²) in [4.78, 5) is 23.1. The van der Waals surface area contributed by atoms with E-state index in [9.17, 15) is 4.79 Å². The average molecular weight is 378 g/mol. The molecule has 1 unspecified atom stereocenters. The number of aromatic nitrogens is 4. The van der Waals surface area contributed by atoms with Gasteiger partial charge in [0.15, 0.2) is 5.65 Å². The molecular formula is C21H26N6O. The Hall–Kier alpha value is -2.96. The summed E-state index contributed by atoms with van der Waals surface area (Å²) in [5.41, 5.74) is 1.83. The Bertz CT molecular complexity index is 975. The maximum Gasteiger partial charge on any atom is 0.223 e. The van der Waals surface area contributed by atoms with Crippen molar-refractivity contribution in [3.63, 3.8) is 0 Å². The minimum atomic E-state index is -0.150. The van der Waals surface area contributed by atoms with Crippen LogP contribution in [-0.4, -0.2) is 43.6 Å². The summed E-state index contributed by atoms with van der Waals surface area (Å²) in [5.74, 6) is 1.25. The quantitative estimate of drug-likeness (QED) is 0.738. The van der Waals surface area contributed by atoms with E-state index in [1.165, 1.54) is 0 Å². The molecule has 0 spiro atoms. The summed E-state index contributed by atoms with van der Waals surface area (Å²) in [6, 6.07) is 10.1. The molecule has 7 heteroatoms. The molecule has 1 aliphatic heterocycles.